The molecule has 1 saturated heterocycles. The van der Waals surface area contributed by atoms with Crippen molar-refractivity contribution < 1.29 is 0 Å². The van der Waals surface area contributed by atoms with Crippen LogP contribution in [0.4, 0.5) is 0 Å². The van der Waals surface area contributed by atoms with E-state index in [2.05, 4.69) is 50.7 Å². The summed E-state index contributed by atoms with van der Waals surface area (Å²) in [5.74, 6) is 0.818. The number of aryl methyl sites for hydroxylation is 2. The summed E-state index contributed by atoms with van der Waals surface area (Å²) in [4.78, 5) is 11.7. The quantitative estimate of drug-likeness (QED) is 0.917. The van der Waals surface area contributed by atoms with E-state index < -0.39 is 0 Å². The highest BCUT2D eigenvalue weighted by Gasteiger charge is 2.22. The summed E-state index contributed by atoms with van der Waals surface area (Å²) in [6, 6.07) is 2.73. The lowest BCUT2D eigenvalue weighted by Gasteiger charge is -2.25. The van der Waals surface area contributed by atoms with Gasteiger partial charge in [0.1, 0.15) is 0 Å². The van der Waals surface area contributed by atoms with E-state index in [1.807, 2.05) is 6.92 Å². The molecule has 0 aromatic carbocycles. The number of hydrogen-bond acceptors (Lipinski definition) is 4. The maximum absolute atomic E-state index is 4.68. The number of aromatic nitrogens is 3. The zero-order chi connectivity index (χ0) is 14.1. The molecular formula is C15H23N5. The number of imidazole rings is 1. The zero-order valence-electron chi connectivity index (χ0n) is 12.6. The lowest BCUT2D eigenvalue weighted by atomic mass is 10.2. The summed E-state index contributed by atoms with van der Waals surface area (Å²) in [6.07, 6.45) is 3.36. The molecule has 2 aromatic heterocycles. The third-order valence-electron chi connectivity index (χ3n) is 4.13. The van der Waals surface area contributed by atoms with Gasteiger partial charge in [-0.25, -0.2) is 9.97 Å². The standard InChI is InChI=1S/C15H23N5/c1-4-19(14-5-6-16-8-14)9-13-10-20-12(3)7-11(2)17-15(20)18-13/h7,10,14,16H,4-6,8-9H2,1-3H3. The Morgan fingerprint density at radius 3 is 2.95 bits per heavy atom. The molecule has 1 fully saturated rings. The van der Waals surface area contributed by atoms with Crippen LogP contribution in [0.25, 0.3) is 5.78 Å². The van der Waals surface area contributed by atoms with Gasteiger partial charge in [-0.3, -0.25) is 9.30 Å². The van der Waals surface area contributed by atoms with Crippen molar-refractivity contribution in [3.8, 4) is 0 Å². The Morgan fingerprint density at radius 2 is 2.25 bits per heavy atom. The number of nitrogens with one attached hydrogen (secondary N) is 1. The first-order valence-corrected chi connectivity index (χ1v) is 7.44. The van der Waals surface area contributed by atoms with Crippen molar-refractivity contribution in [3.63, 3.8) is 0 Å². The Hall–Kier alpha value is -1.46. The van der Waals surface area contributed by atoms with Gasteiger partial charge in [-0.15, -0.1) is 0 Å². The lowest BCUT2D eigenvalue weighted by Crippen LogP contribution is -2.36. The second-order valence-electron chi connectivity index (χ2n) is 5.65. The molecule has 1 aliphatic heterocycles. The van der Waals surface area contributed by atoms with Crippen molar-refractivity contribution in [3.05, 3.63) is 29.3 Å². The van der Waals surface area contributed by atoms with E-state index in [0.717, 1.165) is 43.3 Å². The van der Waals surface area contributed by atoms with Crippen LogP contribution in [-0.2, 0) is 6.54 Å². The molecule has 5 heteroatoms. The zero-order valence-corrected chi connectivity index (χ0v) is 12.6. The summed E-state index contributed by atoms with van der Waals surface area (Å²) >= 11 is 0. The van der Waals surface area contributed by atoms with E-state index in [-0.39, 0.29) is 0 Å². The monoisotopic (exact) mass is 273 g/mol. The van der Waals surface area contributed by atoms with E-state index in [4.69, 9.17) is 0 Å². The summed E-state index contributed by atoms with van der Waals surface area (Å²) in [7, 11) is 0. The Balaban J connectivity index is 1.84. The maximum atomic E-state index is 4.68. The Kier molecular flexibility index (Phi) is 3.72. The summed E-state index contributed by atoms with van der Waals surface area (Å²) in [5.41, 5.74) is 3.33. The van der Waals surface area contributed by atoms with Crippen molar-refractivity contribution in [2.24, 2.45) is 0 Å². The average molecular weight is 273 g/mol. The van der Waals surface area contributed by atoms with Crippen LogP contribution in [0.1, 0.15) is 30.4 Å². The minimum atomic E-state index is 0.639. The normalized spacial score (nSPS) is 19.3. The third-order valence-corrected chi connectivity index (χ3v) is 4.13. The molecule has 1 atom stereocenters. The van der Waals surface area contributed by atoms with Crippen molar-refractivity contribution in [1.29, 1.82) is 0 Å². The minimum absolute atomic E-state index is 0.639. The fourth-order valence-corrected chi connectivity index (χ4v) is 3.05. The number of fused-ring (bicyclic) bond motifs is 1. The second kappa shape index (κ2) is 5.50. The van der Waals surface area contributed by atoms with Crippen LogP contribution in [0.5, 0.6) is 0 Å². The molecule has 0 aliphatic carbocycles. The molecule has 3 heterocycles. The van der Waals surface area contributed by atoms with Crippen molar-refractivity contribution in [1.82, 2.24) is 24.6 Å². The first kappa shape index (κ1) is 13.5. The van der Waals surface area contributed by atoms with Gasteiger partial charge < -0.3 is 5.32 Å². The topological polar surface area (TPSA) is 45.5 Å². The Labute approximate surface area is 120 Å². The van der Waals surface area contributed by atoms with Crippen LogP contribution in [0, 0.1) is 13.8 Å². The van der Waals surface area contributed by atoms with Gasteiger partial charge in [-0.2, -0.15) is 0 Å². The molecule has 0 amide bonds. The fraction of sp³-hybridized carbons (Fsp3) is 0.600. The van der Waals surface area contributed by atoms with Crippen LogP contribution >= 0.6 is 0 Å². The van der Waals surface area contributed by atoms with Gasteiger partial charge in [-0.1, -0.05) is 6.92 Å². The molecule has 20 heavy (non-hydrogen) atoms. The van der Waals surface area contributed by atoms with Crippen LogP contribution in [0.15, 0.2) is 12.3 Å². The van der Waals surface area contributed by atoms with Gasteiger partial charge in [0.2, 0.25) is 5.78 Å². The molecule has 0 bridgehead atoms. The molecule has 3 rings (SSSR count). The minimum Gasteiger partial charge on any atom is -0.315 e. The molecule has 1 unspecified atom stereocenters. The van der Waals surface area contributed by atoms with Gasteiger partial charge in [0.15, 0.2) is 0 Å². The molecule has 5 nitrogen and oxygen atoms in total. The van der Waals surface area contributed by atoms with Crippen molar-refractivity contribution in [2.75, 3.05) is 19.6 Å². The molecule has 0 spiro atoms. The number of nitrogens with zero attached hydrogens (tertiary/aromatic N) is 4. The highest BCUT2D eigenvalue weighted by atomic mass is 15.2. The number of hydrogen-bond donors (Lipinski definition) is 1. The number of likely N-dealkylation sites (N-methyl/N-ethyl adjacent to an activating group) is 1. The number of rotatable bonds is 4. The van der Waals surface area contributed by atoms with E-state index >= 15 is 0 Å². The molecule has 108 valence electrons. The Bertz CT molecular complexity index is 598. The fourth-order valence-electron chi connectivity index (χ4n) is 3.05. The highest BCUT2D eigenvalue weighted by molar-refractivity contribution is 5.34. The van der Waals surface area contributed by atoms with Crippen LogP contribution in [0.3, 0.4) is 0 Å². The van der Waals surface area contributed by atoms with E-state index in [9.17, 15) is 0 Å². The highest BCUT2D eigenvalue weighted by Crippen LogP contribution is 2.14. The summed E-state index contributed by atoms with van der Waals surface area (Å²) in [5, 5.41) is 3.44. The van der Waals surface area contributed by atoms with Crippen LogP contribution in [-0.4, -0.2) is 44.9 Å². The summed E-state index contributed by atoms with van der Waals surface area (Å²) in [6.45, 7) is 10.5. The van der Waals surface area contributed by atoms with Gasteiger partial charge in [0.05, 0.1) is 5.69 Å². The van der Waals surface area contributed by atoms with Gasteiger partial charge in [-0.05, 0) is 39.4 Å². The van der Waals surface area contributed by atoms with Gasteiger partial charge in [0, 0.05) is 36.7 Å². The average Bonchev–Trinajstić information content (AvgIpc) is 3.04. The predicted octanol–water partition coefficient (Wildman–Crippen LogP) is 1.53. The molecule has 0 radical (unpaired) electrons. The SMILES string of the molecule is CCN(Cc1cn2c(C)cc(C)nc2n1)C1CCNC1. The molecule has 1 N–H and O–H groups in total. The maximum Gasteiger partial charge on any atom is 0.234 e. The molecule has 2 aromatic rings. The van der Waals surface area contributed by atoms with Crippen LogP contribution < -0.4 is 5.32 Å². The predicted molar refractivity (Wildman–Crippen MR) is 79.8 cm³/mol. The van der Waals surface area contributed by atoms with Gasteiger partial charge in [0.25, 0.3) is 0 Å². The molecular weight excluding hydrogens is 250 g/mol. The van der Waals surface area contributed by atoms with Gasteiger partial charge >= 0.3 is 0 Å². The van der Waals surface area contributed by atoms with E-state index in [1.165, 1.54) is 12.1 Å². The Morgan fingerprint density at radius 1 is 1.40 bits per heavy atom. The van der Waals surface area contributed by atoms with Crippen molar-refractivity contribution >= 4 is 5.78 Å². The largest absolute Gasteiger partial charge is 0.315 e. The third kappa shape index (κ3) is 2.55. The molecule has 1 aliphatic rings. The van der Waals surface area contributed by atoms with E-state index in [1.54, 1.807) is 0 Å². The molecule has 0 saturated carbocycles. The first-order valence-electron chi connectivity index (χ1n) is 7.44. The first-order chi connectivity index (χ1) is 9.67. The van der Waals surface area contributed by atoms with Crippen molar-refractivity contribution in [2.45, 2.75) is 39.8 Å². The summed E-state index contributed by atoms with van der Waals surface area (Å²) < 4.78 is 2.09. The second-order valence-corrected chi connectivity index (χ2v) is 5.65. The van der Waals surface area contributed by atoms with E-state index in [0.29, 0.717) is 6.04 Å². The smallest absolute Gasteiger partial charge is 0.234 e. The lowest BCUT2D eigenvalue weighted by molar-refractivity contribution is 0.208. The van der Waals surface area contributed by atoms with Crippen LogP contribution in [0.2, 0.25) is 0 Å².